The van der Waals surface area contributed by atoms with Crippen molar-refractivity contribution in [2.24, 2.45) is 0 Å². The first-order valence-electron chi connectivity index (χ1n) is 2.90. The number of aromatic nitrogens is 1. The van der Waals surface area contributed by atoms with Gasteiger partial charge in [0.1, 0.15) is 5.82 Å². The molecular formula is C6H4ClF3N2. The van der Waals surface area contributed by atoms with Gasteiger partial charge in [-0.05, 0) is 12.1 Å². The number of halogens is 4. The second-order valence-electron chi connectivity index (χ2n) is 2.06. The molecule has 12 heavy (non-hydrogen) atoms. The molecule has 1 aromatic heterocycles. The van der Waals surface area contributed by atoms with Crippen molar-refractivity contribution >= 4 is 17.4 Å². The van der Waals surface area contributed by atoms with Crippen LogP contribution in [0.4, 0.5) is 19.0 Å². The molecule has 0 radical (unpaired) electrons. The molecular weight excluding hydrogens is 193 g/mol. The number of anilines is 1. The summed E-state index contributed by atoms with van der Waals surface area (Å²) in [6.45, 7) is 0. The van der Waals surface area contributed by atoms with E-state index in [-0.39, 0.29) is 5.82 Å². The molecule has 2 N–H and O–H groups in total. The summed E-state index contributed by atoms with van der Waals surface area (Å²) >= 11 is 5.24. The highest BCUT2D eigenvalue weighted by Gasteiger charge is 2.35. The van der Waals surface area contributed by atoms with Gasteiger partial charge >= 0.3 is 6.18 Å². The minimum absolute atomic E-state index is 0.202. The second-order valence-corrected chi connectivity index (χ2v) is 2.47. The van der Waals surface area contributed by atoms with Crippen LogP contribution in [0, 0.1) is 0 Å². The molecule has 0 aliphatic carbocycles. The fourth-order valence-electron chi connectivity index (χ4n) is 0.656. The number of rotatable bonds is 0. The molecule has 0 amide bonds. The van der Waals surface area contributed by atoms with E-state index < -0.39 is 16.9 Å². The van der Waals surface area contributed by atoms with E-state index in [1.54, 1.807) is 0 Å². The average Bonchev–Trinajstić information content (AvgIpc) is 1.92. The van der Waals surface area contributed by atoms with Crippen LogP contribution in [0.2, 0.25) is 5.02 Å². The van der Waals surface area contributed by atoms with Gasteiger partial charge in [0.15, 0.2) is 5.69 Å². The van der Waals surface area contributed by atoms with Crippen LogP contribution in [-0.2, 0) is 6.18 Å². The third-order valence-corrected chi connectivity index (χ3v) is 1.44. The Morgan fingerprint density at radius 1 is 1.33 bits per heavy atom. The third kappa shape index (κ3) is 1.79. The normalized spacial score (nSPS) is 11.7. The van der Waals surface area contributed by atoms with E-state index in [1.165, 1.54) is 6.07 Å². The van der Waals surface area contributed by atoms with E-state index in [1.807, 2.05) is 0 Å². The number of pyridine rings is 1. The summed E-state index contributed by atoms with van der Waals surface area (Å²) in [7, 11) is 0. The lowest BCUT2D eigenvalue weighted by Crippen LogP contribution is -2.10. The van der Waals surface area contributed by atoms with Crippen molar-refractivity contribution in [3.05, 3.63) is 22.8 Å². The van der Waals surface area contributed by atoms with Crippen molar-refractivity contribution in [2.75, 3.05) is 5.73 Å². The highest BCUT2D eigenvalue weighted by Crippen LogP contribution is 2.33. The molecule has 0 fully saturated rings. The first kappa shape index (κ1) is 9.12. The maximum atomic E-state index is 12.0. The molecule has 2 nitrogen and oxygen atoms in total. The van der Waals surface area contributed by atoms with Gasteiger partial charge < -0.3 is 5.73 Å². The Labute approximate surface area is 71.2 Å². The molecule has 6 heteroatoms. The number of nitrogen functional groups attached to an aromatic ring is 1. The fourth-order valence-corrected chi connectivity index (χ4v) is 0.868. The van der Waals surface area contributed by atoms with Crippen LogP contribution in [0.3, 0.4) is 0 Å². The zero-order valence-corrected chi connectivity index (χ0v) is 6.45. The zero-order chi connectivity index (χ0) is 9.35. The Balaban J connectivity index is 3.23. The van der Waals surface area contributed by atoms with E-state index in [4.69, 9.17) is 17.3 Å². The van der Waals surface area contributed by atoms with Crippen LogP contribution in [-0.4, -0.2) is 4.98 Å². The zero-order valence-electron chi connectivity index (χ0n) is 5.69. The summed E-state index contributed by atoms with van der Waals surface area (Å²) in [5.74, 6) is -0.202. The Morgan fingerprint density at radius 2 is 1.92 bits per heavy atom. The first-order chi connectivity index (χ1) is 5.41. The Morgan fingerprint density at radius 3 is 2.33 bits per heavy atom. The summed E-state index contributed by atoms with van der Waals surface area (Å²) in [6.07, 6.45) is -4.55. The van der Waals surface area contributed by atoms with Gasteiger partial charge in [0.2, 0.25) is 0 Å². The van der Waals surface area contributed by atoms with Crippen LogP contribution in [0.15, 0.2) is 12.1 Å². The van der Waals surface area contributed by atoms with Gasteiger partial charge in [0.05, 0.1) is 5.02 Å². The lowest BCUT2D eigenvalue weighted by molar-refractivity contribution is -0.140. The molecule has 0 saturated carbocycles. The first-order valence-corrected chi connectivity index (χ1v) is 3.28. The van der Waals surface area contributed by atoms with E-state index in [0.29, 0.717) is 0 Å². The van der Waals surface area contributed by atoms with Crippen LogP contribution >= 0.6 is 11.6 Å². The van der Waals surface area contributed by atoms with E-state index in [2.05, 4.69) is 4.98 Å². The van der Waals surface area contributed by atoms with Crippen LogP contribution in [0.5, 0.6) is 0 Å². The highest BCUT2D eigenvalue weighted by molar-refractivity contribution is 6.31. The lowest BCUT2D eigenvalue weighted by atomic mass is 10.3. The predicted molar refractivity (Wildman–Crippen MR) is 38.7 cm³/mol. The molecule has 1 heterocycles. The van der Waals surface area contributed by atoms with Gasteiger partial charge in [-0.25, -0.2) is 4.98 Å². The van der Waals surface area contributed by atoms with Gasteiger partial charge in [0.25, 0.3) is 0 Å². The lowest BCUT2D eigenvalue weighted by Gasteiger charge is -2.07. The quantitative estimate of drug-likeness (QED) is 0.692. The standard InChI is InChI=1S/C6H4ClF3N2/c7-3-1-2-4(11)12-5(3)6(8,9)10/h1-2H,(H2,11,12). The van der Waals surface area contributed by atoms with Crippen molar-refractivity contribution in [1.82, 2.24) is 4.98 Å². The Bertz CT molecular complexity index is 297. The molecule has 66 valence electrons. The van der Waals surface area contributed by atoms with E-state index >= 15 is 0 Å². The van der Waals surface area contributed by atoms with Crippen LogP contribution < -0.4 is 5.73 Å². The molecule has 0 spiro atoms. The van der Waals surface area contributed by atoms with Crippen molar-refractivity contribution < 1.29 is 13.2 Å². The maximum Gasteiger partial charge on any atom is 0.434 e. The van der Waals surface area contributed by atoms with Crippen molar-refractivity contribution in [1.29, 1.82) is 0 Å². The highest BCUT2D eigenvalue weighted by atomic mass is 35.5. The number of alkyl halides is 3. The van der Waals surface area contributed by atoms with Gasteiger partial charge in [-0.15, -0.1) is 0 Å². The largest absolute Gasteiger partial charge is 0.434 e. The Kier molecular flexibility index (Phi) is 2.14. The molecule has 0 aliphatic rings. The molecule has 1 rings (SSSR count). The number of hydrogen-bond donors (Lipinski definition) is 1. The number of hydrogen-bond acceptors (Lipinski definition) is 2. The van der Waals surface area contributed by atoms with E-state index in [0.717, 1.165) is 6.07 Å². The number of nitrogens with zero attached hydrogens (tertiary/aromatic N) is 1. The summed E-state index contributed by atoms with van der Waals surface area (Å²) in [4.78, 5) is 3.06. The summed E-state index contributed by atoms with van der Waals surface area (Å²) in [5.41, 5.74) is 3.91. The monoisotopic (exact) mass is 196 g/mol. The van der Waals surface area contributed by atoms with Crippen molar-refractivity contribution in [3.63, 3.8) is 0 Å². The molecule has 0 atom stereocenters. The van der Waals surface area contributed by atoms with E-state index in [9.17, 15) is 13.2 Å². The van der Waals surface area contributed by atoms with Gasteiger partial charge in [0, 0.05) is 0 Å². The summed E-state index contributed by atoms with van der Waals surface area (Å²) in [6, 6.07) is 2.27. The minimum Gasteiger partial charge on any atom is -0.384 e. The maximum absolute atomic E-state index is 12.0. The van der Waals surface area contributed by atoms with Crippen LogP contribution in [0.1, 0.15) is 5.69 Å². The van der Waals surface area contributed by atoms with Gasteiger partial charge in [-0.3, -0.25) is 0 Å². The van der Waals surface area contributed by atoms with Gasteiger partial charge in [-0.1, -0.05) is 11.6 Å². The van der Waals surface area contributed by atoms with Crippen molar-refractivity contribution in [2.45, 2.75) is 6.18 Å². The van der Waals surface area contributed by atoms with Crippen molar-refractivity contribution in [3.8, 4) is 0 Å². The summed E-state index contributed by atoms with van der Waals surface area (Å²) < 4.78 is 36.1. The molecule has 0 saturated heterocycles. The molecule has 0 unspecified atom stereocenters. The number of nitrogens with two attached hydrogens (primary N) is 1. The Hall–Kier alpha value is -0.970. The molecule has 0 bridgehead atoms. The smallest absolute Gasteiger partial charge is 0.384 e. The predicted octanol–water partition coefficient (Wildman–Crippen LogP) is 2.34. The molecule has 1 aromatic rings. The van der Waals surface area contributed by atoms with Crippen LogP contribution in [0.25, 0.3) is 0 Å². The second kappa shape index (κ2) is 2.82. The SMILES string of the molecule is Nc1ccc(Cl)c(C(F)(F)F)n1. The topological polar surface area (TPSA) is 38.9 Å². The van der Waals surface area contributed by atoms with Gasteiger partial charge in [-0.2, -0.15) is 13.2 Å². The minimum atomic E-state index is -4.55. The fraction of sp³-hybridized carbons (Fsp3) is 0.167. The molecule has 0 aromatic carbocycles. The molecule has 0 aliphatic heterocycles. The third-order valence-electron chi connectivity index (χ3n) is 1.14. The summed E-state index contributed by atoms with van der Waals surface area (Å²) in [5, 5.41) is -0.447. The average molecular weight is 197 g/mol.